The Kier molecular flexibility index (Phi) is 2.35. The van der Waals surface area contributed by atoms with Gasteiger partial charge in [0.2, 0.25) is 0 Å². The van der Waals surface area contributed by atoms with Gasteiger partial charge in [0.25, 0.3) is 0 Å². The Morgan fingerprint density at radius 2 is 2.23 bits per heavy atom. The van der Waals surface area contributed by atoms with Gasteiger partial charge in [-0.1, -0.05) is 17.7 Å². The molecule has 0 radical (unpaired) electrons. The van der Waals surface area contributed by atoms with Crippen LogP contribution in [0, 0.1) is 0 Å². The average molecular weight is 259 g/mol. The summed E-state index contributed by atoms with van der Waals surface area (Å²) in [6.45, 7) is 0.929. The Morgan fingerprint density at radius 1 is 1.46 bits per heavy atom. The highest BCUT2D eigenvalue weighted by Crippen LogP contribution is 2.32. The summed E-state index contributed by atoms with van der Waals surface area (Å²) in [5, 5.41) is 0.807. The Hall–Kier alpha value is -0.470. The largest absolute Gasteiger partial charge is 0.376 e. The Bertz CT molecular complexity index is 373. The van der Waals surface area contributed by atoms with Crippen LogP contribution < -0.4 is 0 Å². The molecule has 0 unspecified atom stereocenters. The number of nitrogens with zero attached hydrogens (tertiary/aromatic N) is 1. The van der Waals surface area contributed by atoms with E-state index in [2.05, 4.69) is 33.9 Å². The van der Waals surface area contributed by atoms with E-state index < -0.39 is 0 Å². The second-order valence-corrected chi connectivity index (χ2v) is 4.40. The number of benzene rings is 1. The first-order valence-corrected chi connectivity index (χ1v) is 5.21. The van der Waals surface area contributed by atoms with Crippen molar-refractivity contribution >= 4 is 33.6 Å². The van der Waals surface area contributed by atoms with Crippen LogP contribution in [0.5, 0.6) is 0 Å². The third kappa shape index (κ3) is 1.61. The molecule has 0 N–H and O–H groups in total. The first kappa shape index (κ1) is 9.10. The lowest BCUT2D eigenvalue weighted by molar-refractivity contribution is 0.448. The highest BCUT2D eigenvalue weighted by Gasteiger charge is 2.12. The third-order valence-electron chi connectivity index (χ3n) is 2.14. The molecule has 0 fully saturated rings. The van der Waals surface area contributed by atoms with E-state index in [1.807, 2.05) is 18.3 Å². The van der Waals surface area contributed by atoms with Gasteiger partial charge in [-0.15, -0.1) is 0 Å². The number of fused-ring (bicyclic) bond motifs is 1. The van der Waals surface area contributed by atoms with Gasteiger partial charge in [-0.25, -0.2) is 0 Å². The minimum atomic E-state index is 0.807. The summed E-state index contributed by atoms with van der Waals surface area (Å²) in [7, 11) is 2.05. The van der Waals surface area contributed by atoms with Gasteiger partial charge < -0.3 is 4.90 Å². The van der Waals surface area contributed by atoms with Crippen LogP contribution in [-0.4, -0.2) is 11.9 Å². The van der Waals surface area contributed by atoms with Gasteiger partial charge in [-0.2, -0.15) is 0 Å². The molecule has 1 nitrogen and oxygen atoms in total. The Labute approximate surface area is 91.1 Å². The molecule has 3 heteroatoms. The summed E-state index contributed by atoms with van der Waals surface area (Å²) >= 11 is 9.55. The summed E-state index contributed by atoms with van der Waals surface area (Å²) in [5.74, 6) is 0. The molecular weight excluding hydrogens is 249 g/mol. The predicted octanol–water partition coefficient (Wildman–Crippen LogP) is 3.52. The molecule has 0 spiro atoms. The zero-order valence-electron chi connectivity index (χ0n) is 7.22. The van der Waals surface area contributed by atoms with Gasteiger partial charge >= 0.3 is 0 Å². The van der Waals surface area contributed by atoms with Gasteiger partial charge in [-0.05, 0) is 39.8 Å². The third-order valence-corrected chi connectivity index (χ3v) is 3.43. The number of hydrogen-bond donors (Lipinski definition) is 0. The number of halogens is 2. The summed E-state index contributed by atoms with van der Waals surface area (Å²) in [4.78, 5) is 2.13. The fourth-order valence-electron chi connectivity index (χ4n) is 1.45. The summed E-state index contributed by atoms with van der Waals surface area (Å²) < 4.78 is 0.960. The van der Waals surface area contributed by atoms with Crippen LogP contribution in [0.15, 0.2) is 22.8 Å². The monoisotopic (exact) mass is 257 g/mol. The van der Waals surface area contributed by atoms with Crippen LogP contribution >= 0.6 is 27.5 Å². The van der Waals surface area contributed by atoms with Crippen molar-refractivity contribution in [2.75, 3.05) is 7.05 Å². The van der Waals surface area contributed by atoms with Crippen LogP contribution in [0.4, 0.5) is 0 Å². The first-order valence-electron chi connectivity index (χ1n) is 4.04. The van der Waals surface area contributed by atoms with Crippen molar-refractivity contribution in [1.82, 2.24) is 4.90 Å². The lowest BCUT2D eigenvalue weighted by atomic mass is 10.0. The van der Waals surface area contributed by atoms with Gasteiger partial charge in [-0.3, -0.25) is 0 Å². The molecule has 0 amide bonds. The zero-order valence-corrected chi connectivity index (χ0v) is 9.56. The highest BCUT2D eigenvalue weighted by molar-refractivity contribution is 9.10. The molecule has 0 aliphatic carbocycles. The maximum atomic E-state index is 6.14. The molecule has 2 rings (SSSR count). The Balaban J connectivity index is 2.57. The molecule has 0 saturated carbocycles. The lowest BCUT2D eigenvalue weighted by Gasteiger charge is -2.21. The fraction of sp³-hybridized carbons (Fsp3) is 0.200. The zero-order chi connectivity index (χ0) is 9.42. The standard InChI is InChI=1S/C10H9BrClN/c1-13-5-4-8-7(6-13)2-3-9(11)10(8)12/h2-5H,6H2,1H3. The normalized spacial score (nSPS) is 14.5. The topological polar surface area (TPSA) is 3.24 Å². The Morgan fingerprint density at radius 3 is 3.00 bits per heavy atom. The van der Waals surface area contributed by atoms with Crippen molar-refractivity contribution in [3.63, 3.8) is 0 Å². The number of rotatable bonds is 0. The molecule has 1 aliphatic rings. The van der Waals surface area contributed by atoms with Crippen LogP contribution in [0.3, 0.4) is 0 Å². The van der Waals surface area contributed by atoms with E-state index in [1.165, 1.54) is 5.56 Å². The van der Waals surface area contributed by atoms with Gasteiger partial charge in [0.05, 0.1) is 5.02 Å². The molecule has 0 atom stereocenters. The quantitative estimate of drug-likeness (QED) is 0.688. The molecule has 0 bridgehead atoms. The van der Waals surface area contributed by atoms with E-state index in [0.29, 0.717) is 0 Å². The van der Waals surface area contributed by atoms with Gasteiger partial charge in [0.1, 0.15) is 0 Å². The first-order chi connectivity index (χ1) is 6.18. The molecule has 1 aromatic carbocycles. The van der Waals surface area contributed by atoms with E-state index in [9.17, 15) is 0 Å². The van der Waals surface area contributed by atoms with Crippen molar-refractivity contribution in [1.29, 1.82) is 0 Å². The highest BCUT2D eigenvalue weighted by atomic mass is 79.9. The minimum Gasteiger partial charge on any atom is -0.376 e. The predicted molar refractivity (Wildman–Crippen MR) is 59.7 cm³/mol. The minimum absolute atomic E-state index is 0.807. The molecule has 1 heterocycles. The molecule has 0 saturated heterocycles. The van der Waals surface area contributed by atoms with E-state index in [-0.39, 0.29) is 0 Å². The van der Waals surface area contributed by atoms with Crippen molar-refractivity contribution in [3.05, 3.63) is 39.0 Å². The van der Waals surface area contributed by atoms with E-state index in [0.717, 1.165) is 21.6 Å². The maximum absolute atomic E-state index is 6.14. The van der Waals surface area contributed by atoms with Gasteiger partial charge in [0, 0.05) is 23.6 Å². The molecule has 68 valence electrons. The molecule has 0 aromatic heterocycles. The van der Waals surface area contributed by atoms with Crippen LogP contribution in [-0.2, 0) is 6.54 Å². The molecule has 13 heavy (non-hydrogen) atoms. The molecule has 1 aliphatic heterocycles. The van der Waals surface area contributed by atoms with Crippen molar-refractivity contribution in [3.8, 4) is 0 Å². The molecular formula is C10H9BrClN. The SMILES string of the molecule is CN1C=Cc2c(ccc(Br)c2Cl)C1. The second kappa shape index (κ2) is 3.35. The summed E-state index contributed by atoms with van der Waals surface area (Å²) in [5.41, 5.74) is 2.41. The fourth-order valence-corrected chi connectivity index (χ4v) is 2.04. The van der Waals surface area contributed by atoms with E-state index in [4.69, 9.17) is 11.6 Å². The van der Waals surface area contributed by atoms with Gasteiger partial charge in [0.15, 0.2) is 0 Å². The van der Waals surface area contributed by atoms with Crippen LogP contribution in [0.1, 0.15) is 11.1 Å². The molecule has 1 aromatic rings. The average Bonchev–Trinajstić information content (AvgIpc) is 2.12. The summed E-state index contributed by atoms with van der Waals surface area (Å²) in [6, 6.07) is 4.10. The van der Waals surface area contributed by atoms with E-state index in [1.54, 1.807) is 0 Å². The smallest absolute Gasteiger partial charge is 0.0624 e. The summed E-state index contributed by atoms with van der Waals surface area (Å²) in [6.07, 6.45) is 4.09. The van der Waals surface area contributed by atoms with Crippen molar-refractivity contribution in [2.45, 2.75) is 6.54 Å². The van der Waals surface area contributed by atoms with Crippen molar-refractivity contribution < 1.29 is 0 Å². The van der Waals surface area contributed by atoms with Crippen molar-refractivity contribution in [2.24, 2.45) is 0 Å². The maximum Gasteiger partial charge on any atom is 0.0624 e. The van der Waals surface area contributed by atoms with Crippen LogP contribution in [0.2, 0.25) is 5.02 Å². The lowest BCUT2D eigenvalue weighted by Crippen LogP contribution is -2.14. The second-order valence-electron chi connectivity index (χ2n) is 3.17. The van der Waals surface area contributed by atoms with E-state index >= 15 is 0 Å². The van der Waals surface area contributed by atoms with Crippen LogP contribution in [0.25, 0.3) is 6.08 Å². The number of hydrogen-bond acceptors (Lipinski definition) is 1.